The van der Waals surface area contributed by atoms with Crippen molar-refractivity contribution in [1.29, 1.82) is 0 Å². The highest BCUT2D eigenvalue weighted by Gasteiger charge is 2.34. The van der Waals surface area contributed by atoms with Gasteiger partial charge in [0.15, 0.2) is 5.13 Å². The monoisotopic (exact) mass is 245 g/mol. The van der Waals surface area contributed by atoms with Crippen molar-refractivity contribution >= 4 is 16.5 Å². The Morgan fingerprint density at radius 2 is 2.06 bits per heavy atom. The predicted molar refractivity (Wildman–Crippen MR) is 54.8 cm³/mol. The molecule has 2 aromatic heterocycles. The van der Waals surface area contributed by atoms with Crippen LogP contribution < -0.4 is 5.73 Å². The molecule has 84 valence electrons. The topological polar surface area (TPSA) is 51.8 Å². The molecule has 0 bridgehead atoms. The van der Waals surface area contributed by atoms with Gasteiger partial charge in [-0.15, -0.1) is 11.3 Å². The summed E-state index contributed by atoms with van der Waals surface area (Å²) in [4.78, 5) is 7.49. The molecule has 2 heterocycles. The zero-order chi connectivity index (χ0) is 11.8. The van der Waals surface area contributed by atoms with E-state index in [4.69, 9.17) is 5.73 Å². The Labute approximate surface area is 92.8 Å². The number of aromatic nitrogens is 2. The van der Waals surface area contributed by atoms with Crippen LogP contribution in [0.3, 0.4) is 0 Å². The zero-order valence-electron chi connectivity index (χ0n) is 7.82. The van der Waals surface area contributed by atoms with Crippen LogP contribution >= 0.6 is 11.3 Å². The van der Waals surface area contributed by atoms with Crippen LogP contribution in [-0.2, 0) is 6.18 Å². The Bertz CT molecular complexity index is 507. The van der Waals surface area contributed by atoms with Crippen LogP contribution in [0.25, 0.3) is 11.4 Å². The molecule has 16 heavy (non-hydrogen) atoms. The van der Waals surface area contributed by atoms with Crippen LogP contribution in [0.1, 0.15) is 5.56 Å². The molecule has 0 atom stereocenters. The maximum Gasteiger partial charge on any atom is 0.418 e. The number of nitrogen functional groups attached to an aromatic ring is 1. The summed E-state index contributed by atoms with van der Waals surface area (Å²) >= 11 is 1.08. The van der Waals surface area contributed by atoms with Gasteiger partial charge in [0, 0.05) is 11.6 Å². The SMILES string of the molecule is Nc1nc(-c2ncccc2C(F)(F)F)cs1. The highest BCUT2D eigenvalue weighted by atomic mass is 32.1. The van der Waals surface area contributed by atoms with Gasteiger partial charge >= 0.3 is 6.18 Å². The van der Waals surface area contributed by atoms with Crippen molar-refractivity contribution in [2.45, 2.75) is 6.18 Å². The van der Waals surface area contributed by atoms with Gasteiger partial charge in [-0.2, -0.15) is 13.2 Å². The number of anilines is 1. The number of hydrogen-bond donors (Lipinski definition) is 1. The summed E-state index contributed by atoms with van der Waals surface area (Å²) in [7, 11) is 0. The van der Waals surface area contributed by atoms with Gasteiger partial charge in [-0.25, -0.2) is 4.98 Å². The fraction of sp³-hybridized carbons (Fsp3) is 0.111. The van der Waals surface area contributed by atoms with Crippen LogP contribution in [0.2, 0.25) is 0 Å². The van der Waals surface area contributed by atoms with Crippen molar-refractivity contribution in [1.82, 2.24) is 9.97 Å². The van der Waals surface area contributed by atoms with Crippen LogP contribution in [0.15, 0.2) is 23.7 Å². The number of thiazole rings is 1. The van der Waals surface area contributed by atoms with Gasteiger partial charge in [0.05, 0.1) is 5.56 Å². The van der Waals surface area contributed by atoms with Crippen molar-refractivity contribution in [2.75, 3.05) is 5.73 Å². The van der Waals surface area contributed by atoms with Gasteiger partial charge in [-0.3, -0.25) is 4.98 Å². The van der Waals surface area contributed by atoms with Crippen molar-refractivity contribution in [3.8, 4) is 11.4 Å². The van der Waals surface area contributed by atoms with Crippen molar-refractivity contribution < 1.29 is 13.2 Å². The molecular formula is C9H6F3N3S. The Hall–Kier alpha value is -1.63. The highest BCUT2D eigenvalue weighted by molar-refractivity contribution is 7.13. The minimum atomic E-state index is -4.44. The Balaban J connectivity index is 2.57. The molecule has 0 saturated heterocycles. The molecule has 0 saturated carbocycles. The fourth-order valence-electron chi connectivity index (χ4n) is 1.23. The van der Waals surface area contributed by atoms with Crippen LogP contribution in [0.5, 0.6) is 0 Å². The lowest BCUT2D eigenvalue weighted by Crippen LogP contribution is -2.08. The summed E-state index contributed by atoms with van der Waals surface area (Å²) in [6.45, 7) is 0. The van der Waals surface area contributed by atoms with Gasteiger partial charge in [0.1, 0.15) is 11.4 Å². The lowest BCUT2D eigenvalue weighted by Gasteiger charge is -2.09. The molecule has 0 fully saturated rings. The fourth-order valence-corrected chi connectivity index (χ4v) is 1.78. The molecule has 0 unspecified atom stereocenters. The minimum Gasteiger partial charge on any atom is -0.375 e. The average molecular weight is 245 g/mol. The zero-order valence-corrected chi connectivity index (χ0v) is 8.64. The lowest BCUT2D eigenvalue weighted by molar-refractivity contribution is -0.137. The third-order valence-electron chi connectivity index (χ3n) is 1.88. The van der Waals surface area contributed by atoms with Crippen LogP contribution in [0, 0.1) is 0 Å². The first-order valence-electron chi connectivity index (χ1n) is 4.22. The van der Waals surface area contributed by atoms with E-state index < -0.39 is 11.7 Å². The van der Waals surface area contributed by atoms with E-state index >= 15 is 0 Å². The van der Waals surface area contributed by atoms with Crippen molar-refractivity contribution in [2.24, 2.45) is 0 Å². The van der Waals surface area contributed by atoms with Gasteiger partial charge in [0.2, 0.25) is 0 Å². The number of pyridine rings is 1. The smallest absolute Gasteiger partial charge is 0.375 e. The maximum atomic E-state index is 12.6. The Kier molecular flexibility index (Phi) is 2.55. The second-order valence-electron chi connectivity index (χ2n) is 2.97. The lowest BCUT2D eigenvalue weighted by atomic mass is 10.1. The van der Waals surface area contributed by atoms with Crippen molar-refractivity contribution in [3.63, 3.8) is 0 Å². The molecule has 0 aliphatic carbocycles. The van der Waals surface area contributed by atoms with E-state index in [9.17, 15) is 13.2 Å². The summed E-state index contributed by atoms with van der Waals surface area (Å²) in [6.07, 6.45) is -3.15. The molecular weight excluding hydrogens is 239 g/mol. The summed E-state index contributed by atoms with van der Waals surface area (Å²) < 4.78 is 37.9. The highest BCUT2D eigenvalue weighted by Crippen LogP contribution is 2.35. The number of rotatable bonds is 1. The molecule has 2 aromatic rings. The molecule has 0 amide bonds. The molecule has 3 nitrogen and oxygen atoms in total. The molecule has 0 aromatic carbocycles. The molecule has 0 spiro atoms. The van der Waals surface area contributed by atoms with Gasteiger partial charge in [-0.05, 0) is 12.1 Å². The molecule has 2 rings (SSSR count). The number of nitrogens with two attached hydrogens (primary N) is 1. The molecule has 7 heteroatoms. The van der Waals surface area contributed by atoms with E-state index in [0.29, 0.717) is 0 Å². The van der Waals surface area contributed by atoms with Crippen LogP contribution in [-0.4, -0.2) is 9.97 Å². The first-order valence-corrected chi connectivity index (χ1v) is 5.10. The van der Waals surface area contributed by atoms with E-state index in [1.807, 2.05) is 0 Å². The number of hydrogen-bond acceptors (Lipinski definition) is 4. The van der Waals surface area contributed by atoms with Crippen molar-refractivity contribution in [3.05, 3.63) is 29.3 Å². The second kappa shape index (κ2) is 3.75. The second-order valence-corrected chi connectivity index (χ2v) is 3.86. The van der Waals surface area contributed by atoms with Gasteiger partial charge in [-0.1, -0.05) is 0 Å². The van der Waals surface area contributed by atoms with Crippen LogP contribution in [0.4, 0.5) is 18.3 Å². The normalized spacial score (nSPS) is 11.7. The number of halogens is 3. The molecule has 0 aliphatic rings. The largest absolute Gasteiger partial charge is 0.418 e. The summed E-state index contributed by atoms with van der Waals surface area (Å²) in [6, 6.07) is 2.21. The minimum absolute atomic E-state index is 0.149. The Morgan fingerprint density at radius 3 is 2.62 bits per heavy atom. The van der Waals surface area contributed by atoms with E-state index in [1.165, 1.54) is 17.6 Å². The van der Waals surface area contributed by atoms with E-state index in [2.05, 4.69) is 9.97 Å². The first kappa shape index (κ1) is 10.9. The maximum absolute atomic E-state index is 12.6. The van der Waals surface area contributed by atoms with Gasteiger partial charge < -0.3 is 5.73 Å². The van der Waals surface area contributed by atoms with Gasteiger partial charge in [0.25, 0.3) is 0 Å². The van der Waals surface area contributed by atoms with E-state index in [1.54, 1.807) is 0 Å². The quantitative estimate of drug-likeness (QED) is 0.840. The molecule has 0 aliphatic heterocycles. The molecule has 0 radical (unpaired) electrons. The summed E-state index contributed by atoms with van der Waals surface area (Å²) in [5.41, 5.74) is 4.53. The van der Waals surface area contributed by atoms with E-state index in [-0.39, 0.29) is 16.5 Å². The predicted octanol–water partition coefficient (Wildman–Crippen LogP) is 2.81. The standard InChI is InChI=1S/C9H6F3N3S/c10-9(11,12)5-2-1-3-14-7(5)6-4-16-8(13)15-6/h1-4H,(H2,13,15). The average Bonchev–Trinajstić information content (AvgIpc) is 2.64. The third kappa shape index (κ3) is 1.99. The van der Waals surface area contributed by atoms with E-state index in [0.717, 1.165) is 17.4 Å². The summed E-state index contributed by atoms with van der Waals surface area (Å²) in [5, 5.41) is 1.67. The summed E-state index contributed by atoms with van der Waals surface area (Å²) in [5.74, 6) is 0. The Morgan fingerprint density at radius 1 is 1.31 bits per heavy atom. The third-order valence-corrected chi connectivity index (χ3v) is 2.55. The first-order chi connectivity index (χ1) is 7.48. The molecule has 2 N–H and O–H groups in total. The number of nitrogens with zero attached hydrogens (tertiary/aromatic N) is 2. The number of alkyl halides is 3.